The van der Waals surface area contributed by atoms with Gasteiger partial charge >= 0.3 is 6.18 Å². The second kappa shape index (κ2) is 10.9. The molecule has 1 aromatic carbocycles. The van der Waals surface area contributed by atoms with Gasteiger partial charge in [-0.2, -0.15) is 18.3 Å². The van der Waals surface area contributed by atoms with Crippen molar-refractivity contribution >= 4 is 17.4 Å². The second-order valence-corrected chi connectivity index (χ2v) is 8.46. The maximum Gasteiger partial charge on any atom is 0.416 e. The van der Waals surface area contributed by atoms with Crippen LogP contribution in [0.25, 0.3) is 16.9 Å². The molecule has 0 radical (unpaired) electrons. The fourth-order valence-corrected chi connectivity index (χ4v) is 3.99. The number of carbonyl (C=O) groups is 1. The van der Waals surface area contributed by atoms with Gasteiger partial charge in [-0.1, -0.05) is 32.0 Å². The van der Waals surface area contributed by atoms with Gasteiger partial charge in [0.25, 0.3) is 5.91 Å². The summed E-state index contributed by atoms with van der Waals surface area (Å²) in [5.74, 6) is -0.0748. The molecule has 10 heteroatoms. The average Bonchev–Trinajstić information content (AvgIpc) is 3.28. The lowest BCUT2D eigenvalue weighted by molar-refractivity contribution is -0.137. The Hall–Kier alpha value is -3.79. The summed E-state index contributed by atoms with van der Waals surface area (Å²) in [6, 6.07) is 13.5. The summed E-state index contributed by atoms with van der Waals surface area (Å²) in [5.41, 5.74) is 1.18. The van der Waals surface area contributed by atoms with Crippen molar-refractivity contribution in [3.8, 4) is 11.3 Å². The van der Waals surface area contributed by atoms with Gasteiger partial charge in [-0.05, 0) is 62.3 Å². The third-order valence-electron chi connectivity index (χ3n) is 5.59. The molecule has 0 saturated carbocycles. The molecule has 0 saturated heterocycles. The number of nitrogens with one attached hydrogen (secondary N) is 1. The highest BCUT2D eigenvalue weighted by Gasteiger charge is 2.30. The monoisotopic (exact) mass is 496 g/mol. The topological polar surface area (TPSA) is 75.4 Å². The van der Waals surface area contributed by atoms with Gasteiger partial charge < -0.3 is 5.32 Å². The SMILES string of the molecule is CCCN(CCC)Cc1cccc(NC(=O)c2cnc3ccc(-c4cccc(C(F)(F)F)c4)nn23)n1. The number of hydrogen-bond donors (Lipinski definition) is 1. The van der Waals surface area contributed by atoms with Crippen LogP contribution in [-0.4, -0.2) is 43.5 Å². The Balaban J connectivity index is 1.57. The van der Waals surface area contributed by atoms with Crippen molar-refractivity contribution < 1.29 is 18.0 Å². The number of halogens is 3. The van der Waals surface area contributed by atoms with Crippen molar-refractivity contribution in [2.45, 2.75) is 39.4 Å². The molecule has 0 unspecified atom stereocenters. The Kier molecular flexibility index (Phi) is 7.64. The summed E-state index contributed by atoms with van der Waals surface area (Å²) >= 11 is 0. The molecular formula is C26H27F3N6O. The number of imidazole rings is 1. The van der Waals surface area contributed by atoms with E-state index in [1.807, 2.05) is 12.1 Å². The van der Waals surface area contributed by atoms with Crippen LogP contribution in [0.15, 0.2) is 60.8 Å². The van der Waals surface area contributed by atoms with Crippen LogP contribution in [0.5, 0.6) is 0 Å². The molecule has 0 atom stereocenters. The van der Waals surface area contributed by atoms with Crippen LogP contribution in [-0.2, 0) is 12.7 Å². The highest BCUT2D eigenvalue weighted by Crippen LogP contribution is 2.31. The minimum atomic E-state index is -4.47. The maximum atomic E-state index is 13.1. The summed E-state index contributed by atoms with van der Waals surface area (Å²) in [7, 11) is 0. The molecule has 0 bridgehead atoms. The van der Waals surface area contributed by atoms with Gasteiger partial charge in [-0.3, -0.25) is 9.69 Å². The fourth-order valence-electron chi connectivity index (χ4n) is 3.99. The summed E-state index contributed by atoms with van der Waals surface area (Å²) in [4.78, 5) is 24.1. The highest BCUT2D eigenvalue weighted by atomic mass is 19.4. The second-order valence-electron chi connectivity index (χ2n) is 8.46. The van der Waals surface area contributed by atoms with Crippen LogP contribution in [0.2, 0.25) is 0 Å². The molecule has 1 N–H and O–H groups in total. The van der Waals surface area contributed by atoms with Crippen molar-refractivity contribution in [2.75, 3.05) is 18.4 Å². The van der Waals surface area contributed by atoms with Crippen LogP contribution in [0.1, 0.15) is 48.4 Å². The van der Waals surface area contributed by atoms with E-state index in [1.165, 1.54) is 22.8 Å². The molecule has 0 spiro atoms. The predicted octanol–water partition coefficient (Wildman–Crippen LogP) is 5.68. The zero-order chi connectivity index (χ0) is 25.7. The number of fused-ring (bicyclic) bond motifs is 1. The minimum absolute atomic E-state index is 0.143. The van der Waals surface area contributed by atoms with Crippen LogP contribution in [0.4, 0.5) is 19.0 Å². The van der Waals surface area contributed by atoms with Crippen molar-refractivity contribution in [1.82, 2.24) is 24.5 Å². The molecule has 3 aromatic heterocycles. The van der Waals surface area contributed by atoms with E-state index in [2.05, 4.69) is 39.1 Å². The van der Waals surface area contributed by atoms with Gasteiger partial charge in [0.15, 0.2) is 11.3 Å². The summed E-state index contributed by atoms with van der Waals surface area (Å²) in [5, 5.41) is 7.17. The zero-order valence-corrected chi connectivity index (χ0v) is 20.1. The van der Waals surface area contributed by atoms with Crippen LogP contribution in [0.3, 0.4) is 0 Å². The molecule has 4 aromatic rings. The first-order chi connectivity index (χ1) is 17.3. The lowest BCUT2D eigenvalue weighted by Gasteiger charge is -2.20. The highest BCUT2D eigenvalue weighted by molar-refractivity contribution is 6.02. The number of carbonyl (C=O) groups excluding carboxylic acids is 1. The molecule has 0 aliphatic rings. The van der Waals surface area contributed by atoms with Gasteiger partial charge in [0.1, 0.15) is 5.82 Å². The Bertz CT molecular complexity index is 1350. The smallest absolute Gasteiger partial charge is 0.305 e. The number of aromatic nitrogens is 4. The van der Waals surface area contributed by atoms with Crippen LogP contribution >= 0.6 is 0 Å². The summed E-state index contributed by atoms with van der Waals surface area (Å²) in [6.45, 7) is 6.88. The summed E-state index contributed by atoms with van der Waals surface area (Å²) in [6.07, 6.45) is -1.01. The Morgan fingerprint density at radius 2 is 1.78 bits per heavy atom. The molecule has 1 amide bonds. The van der Waals surface area contributed by atoms with Crippen molar-refractivity contribution in [2.24, 2.45) is 0 Å². The number of benzene rings is 1. The van der Waals surface area contributed by atoms with Crippen molar-refractivity contribution in [3.63, 3.8) is 0 Å². The van der Waals surface area contributed by atoms with Crippen LogP contribution < -0.4 is 5.32 Å². The number of nitrogens with zero attached hydrogens (tertiary/aromatic N) is 5. The van der Waals surface area contributed by atoms with E-state index in [1.54, 1.807) is 18.2 Å². The molecule has 0 fully saturated rings. The number of pyridine rings is 1. The lowest BCUT2D eigenvalue weighted by Crippen LogP contribution is -2.25. The number of amides is 1. The van der Waals surface area contributed by atoms with E-state index in [-0.39, 0.29) is 17.0 Å². The van der Waals surface area contributed by atoms with E-state index in [0.29, 0.717) is 18.0 Å². The van der Waals surface area contributed by atoms with Gasteiger partial charge in [-0.15, -0.1) is 0 Å². The third-order valence-corrected chi connectivity index (χ3v) is 5.59. The van der Waals surface area contributed by atoms with Gasteiger partial charge in [-0.25, -0.2) is 14.5 Å². The lowest BCUT2D eigenvalue weighted by atomic mass is 10.1. The molecule has 7 nitrogen and oxygen atoms in total. The quantitative estimate of drug-likeness (QED) is 0.323. The van der Waals surface area contributed by atoms with E-state index < -0.39 is 17.6 Å². The van der Waals surface area contributed by atoms with Crippen molar-refractivity contribution in [1.29, 1.82) is 0 Å². The van der Waals surface area contributed by atoms with E-state index >= 15 is 0 Å². The largest absolute Gasteiger partial charge is 0.416 e. The van der Waals surface area contributed by atoms with E-state index in [9.17, 15) is 18.0 Å². The molecule has 0 aliphatic carbocycles. The Morgan fingerprint density at radius 1 is 1.03 bits per heavy atom. The van der Waals surface area contributed by atoms with Crippen molar-refractivity contribution in [3.05, 3.63) is 77.7 Å². The maximum absolute atomic E-state index is 13.1. The van der Waals surface area contributed by atoms with E-state index in [4.69, 9.17) is 0 Å². The molecule has 3 heterocycles. The number of anilines is 1. The Labute approximate surface area is 207 Å². The molecule has 4 rings (SSSR count). The van der Waals surface area contributed by atoms with Gasteiger partial charge in [0.2, 0.25) is 0 Å². The number of rotatable bonds is 9. The van der Waals surface area contributed by atoms with Crippen LogP contribution in [0, 0.1) is 0 Å². The molecule has 36 heavy (non-hydrogen) atoms. The molecule has 0 aliphatic heterocycles. The standard InChI is InChI=1S/C26H27F3N6O/c1-3-13-34(14-4-2)17-20-9-6-10-23(31-20)32-25(36)22-16-30-24-12-11-21(33-35(22)24)18-7-5-8-19(15-18)26(27,28)29/h5-12,15-16H,3-4,13-14,17H2,1-2H3,(H,31,32,36). The molecule has 188 valence electrons. The normalized spacial score (nSPS) is 11.8. The minimum Gasteiger partial charge on any atom is -0.305 e. The number of alkyl halides is 3. The van der Waals surface area contributed by atoms with E-state index in [0.717, 1.165) is 43.8 Å². The first-order valence-corrected chi connectivity index (χ1v) is 11.8. The fraction of sp³-hybridized carbons (Fsp3) is 0.308. The molecular weight excluding hydrogens is 469 g/mol. The average molecular weight is 497 g/mol. The van der Waals surface area contributed by atoms with Gasteiger partial charge in [0.05, 0.1) is 23.1 Å². The van der Waals surface area contributed by atoms with Gasteiger partial charge in [0, 0.05) is 12.1 Å². The third kappa shape index (κ3) is 5.88. The number of hydrogen-bond acceptors (Lipinski definition) is 5. The Morgan fingerprint density at radius 3 is 2.50 bits per heavy atom. The zero-order valence-electron chi connectivity index (χ0n) is 20.1. The predicted molar refractivity (Wildman–Crippen MR) is 131 cm³/mol. The first kappa shape index (κ1) is 25.3. The first-order valence-electron chi connectivity index (χ1n) is 11.8. The summed E-state index contributed by atoms with van der Waals surface area (Å²) < 4.78 is 40.7.